The number of aliphatic hydroxyl groups excluding tert-OH is 1. The number of benzene rings is 1. The van der Waals surface area contributed by atoms with Crippen molar-refractivity contribution in [3.63, 3.8) is 0 Å². The van der Waals surface area contributed by atoms with Crippen LogP contribution in [-0.2, 0) is 11.2 Å². The molecule has 1 aromatic carbocycles. The Labute approximate surface area is 86.9 Å². The van der Waals surface area contributed by atoms with Gasteiger partial charge >= 0.3 is 0 Å². The lowest BCUT2D eigenvalue weighted by atomic mass is 10.2. The van der Waals surface area contributed by atoms with Gasteiger partial charge in [0.1, 0.15) is 0 Å². The van der Waals surface area contributed by atoms with Crippen LogP contribution < -0.4 is 4.90 Å². The monoisotopic (exact) mass is 211 g/mol. The average molecular weight is 212 g/mol. The number of hydrogen-bond donors (Lipinski definition) is 1. The van der Waals surface area contributed by atoms with E-state index in [2.05, 4.69) is 0 Å². The first-order valence-corrected chi connectivity index (χ1v) is 4.80. The molecule has 2 rings (SSSR count). The number of hydrogen-bond acceptors (Lipinski definition) is 2. The van der Waals surface area contributed by atoms with Crippen LogP contribution in [0, 0.1) is 0 Å². The van der Waals surface area contributed by atoms with Crippen molar-refractivity contribution in [1.29, 1.82) is 0 Å². The Kier molecular flexibility index (Phi) is 2.44. The molecular weight excluding hydrogens is 202 g/mol. The van der Waals surface area contributed by atoms with Gasteiger partial charge in [-0.2, -0.15) is 0 Å². The van der Waals surface area contributed by atoms with Crippen LogP contribution >= 0.6 is 11.6 Å². The summed E-state index contributed by atoms with van der Waals surface area (Å²) in [5.41, 5.74) is 1.81. The lowest BCUT2D eigenvalue weighted by Gasteiger charge is -2.15. The molecule has 0 saturated heterocycles. The standard InChI is InChI=1S/C10H10ClNO2/c11-8-2-1-7-5-10(14)12(3-4-13)9(7)6-8/h1-2,6,13H,3-5H2. The van der Waals surface area contributed by atoms with Gasteiger partial charge < -0.3 is 10.0 Å². The van der Waals surface area contributed by atoms with E-state index in [0.29, 0.717) is 18.0 Å². The van der Waals surface area contributed by atoms with Crippen molar-refractivity contribution in [3.8, 4) is 0 Å². The molecule has 74 valence electrons. The van der Waals surface area contributed by atoms with Crippen LogP contribution in [0.4, 0.5) is 5.69 Å². The molecule has 0 unspecified atom stereocenters. The predicted octanol–water partition coefficient (Wildman–Crippen LogP) is 1.22. The molecule has 1 N–H and O–H groups in total. The summed E-state index contributed by atoms with van der Waals surface area (Å²) in [5, 5.41) is 9.42. The number of fused-ring (bicyclic) bond motifs is 1. The van der Waals surface area contributed by atoms with E-state index in [0.717, 1.165) is 11.3 Å². The summed E-state index contributed by atoms with van der Waals surface area (Å²) in [7, 11) is 0. The summed E-state index contributed by atoms with van der Waals surface area (Å²) >= 11 is 5.84. The summed E-state index contributed by atoms with van der Waals surface area (Å²) in [6, 6.07) is 5.39. The van der Waals surface area contributed by atoms with Crippen LogP contribution in [0.5, 0.6) is 0 Å². The Morgan fingerprint density at radius 2 is 2.29 bits per heavy atom. The number of aliphatic hydroxyl groups is 1. The second-order valence-electron chi connectivity index (χ2n) is 3.22. The maximum Gasteiger partial charge on any atom is 0.231 e. The Morgan fingerprint density at radius 3 is 3.00 bits per heavy atom. The fourth-order valence-corrected chi connectivity index (χ4v) is 1.84. The number of amides is 1. The molecule has 14 heavy (non-hydrogen) atoms. The summed E-state index contributed by atoms with van der Waals surface area (Å²) in [5.74, 6) is 0.0244. The molecule has 1 heterocycles. The first-order valence-electron chi connectivity index (χ1n) is 4.42. The molecule has 1 amide bonds. The topological polar surface area (TPSA) is 40.5 Å². The van der Waals surface area contributed by atoms with Gasteiger partial charge in [-0.15, -0.1) is 0 Å². The third-order valence-electron chi connectivity index (χ3n) is 2.30. The number of carbonyl (C=O) groups excluding carboxylic acids is 1. The fraction of sp³-hybridized carbons (Fsp3) is 0.300. The largest absolute Gasteiger partial charge is 0.395 e. The second kappa shape index (κ2) is 3.59. The molecule has 4 heteroatoms. The molecular formula is C10H10ClNO2. The number of rotatable bonds is 2. The van der Waals surface area contributed by atoms with Crippen molar-refractivity contribution >= 4 is 23.2 Å². The Bertz CT molecular complexity index is 378. The molecule has 0 fully saturated rings. The molecule has 3 nitrogen and oxygen atoms in total. The molecule has 0 atom stereocenters. The lowest BCUT2D eigenvalue weighted by molar-refractivity contribution is -0.117. The summed E-state index contributed by atoms with van der Waals surface area (Å²) in [6.45, 7) is 0.309. The molecule has 0 aromatic heterocycles. The normalized spacial score (nSPS) is 14.7. The molecule has 1 aliphatic rings. The van der Waals surface area contributed by atoms with Gasteiger partial charge in [-0.05, 0) is 17.7 Å². The zero-order chi connectivity index (χ0) is 10.1. The molecule has 1 aliphatic heterocycles. The zero-order valence-electron chi connectivity index (χ0n) is 7.53. The van der Waals surface area contributed by atoms with Gasteiger partial charge in [-0.25, -0.2) is 0 Å². The Balaban J connectivity index is 2.39. The van der Waals surface area contributed by atoms with E-state index < -0.39 is 0 Å². The molecule has 0 aliphatic carbocycles. The van der Waals surface area contributed by atoms with Gasteiger partial charge in [0, 0.05) is 17.3 Å². The van der Waals surface area contributed by atoms with Crippen molar-refractivity contribution in [2.24, 2.45) is 0 Å². The predicted molar refractivity (Wildman–Crippen MR) is 54.6 cm³/mol. The van der Waals surface area contributed by atoms with E-state index in [9.17, 15) is 4.79 Å². The van der Waals surface area contributed by atoms with Gasteiger partial charge in [0.2, 0.25) is 5.91 Å². The van der Waals surface area contributed by atoms with Crippen molar-refractivity contribution in [1.82, 2.24) is 0 Å². The highest BCUT2D eigenvalue weighted by atomic mass is 35.5. The fourth-order valence-electron chi connectivity index (χ4n) is 1.68. The van der Waals surface area contributed by atoms with Crippen molar-refractivity contribution in [2.45, 2.75) is 6.42 Å². The molecule has 0 radical (unpaired) electrons. The van der Waals surface area contributed by atoms with E-state index in [4.69, 9.17) is 16.7 Å². The first kappa shape index (κ1) is 9.49. The van der Waals surface area contributed by atoms with Gasteiger partial charge in [0.25, 0.3) is 0 Å². The highest BCUT2D eigenvalue weighted by molar-refractivity contribution is 6.31. The lowest BCUT2D eigenvalue weighted by Crippen LogP contribution is -2.29. The van der Waals surface area contributed by atoms with Gasteiger partial charge in [-0.3, -0.25) is 4.79 Å². The van der Waals surface area contributed by atoms with Crippen molar-refractivity contribution in [3.05, 3.63) is 28.8 Å². The number of nitrogens with zero attached hydrogens (tertiary/aromatic N) is 1. The van der Waals surface area contributed by atoms with Crippen LogP contribution in [0.2, 0.25) is 5.02 Å². The molecule has 0 bridgehead atoms. The Hall–Kier alpha value is -1.06. The van der Waals surface area contributed by atoms with E-state index in [1.807, 2.05) is 6.07 Å². The minimum Gasteiger partial charge on any atom is -0.395 e. The summed E-state index contributed by atoms with van der Waals surface area (Å²) in [4.78, 5) is 13.1. The number of anilines is 1. The zero-order valence-corrected chi connectivity index (χ0v) is 8.29. The smallest absolute Gasteiger partial charge is 0.231 e. The third-order valence-corrected chi connectivity index (χ3v) is 2.54. The van der Waals surface area contributed by atoms with Crippen LogP contribution in [0.3, 0.4) is 0 Å². The maximum atomic E-state index is 11.5. The van der Waals surface area contributed by atoms with Gasteiger partial charge in [-0.1, -0.05) is 17.7 Å². The average Bonchev–Trinajstić information content (AvgIpc) is 2.45. The first-order chi connectivity index (χ1) is 6.72. The van der Waals surface area contributed by atoms with E-state index >= 15 is 0 Å². The minimum absolute atomic E-state index is 0.0244. The van der Waals surface area contributed by atoms with Crippen molar-refractivity contribution in [2.75, 3.05) is 18.1 Å². The number of β-amino-alcohol motifs (C(OH)–C–C–N with tert-alkyl or cyclic N) is 1. The van der Waals surface area contributed by atoms with Crippen LogP contribution in [-0.4, -0.2) is 24.2 Å². The molecule has 0 saturated carbocycles. The molecule has 1 aromatic rings. The summed E-state index contributed by atoms with van der Waals surface area (Å²) < 4.78 is 0. The quantitative estimate of drug-likeness (QED) is 0.799. The van der Waals surface area contributed by atoms with Crippen molar-refractivity contribution < 1.29 is 9.90 Å². The SMILES string of the molecule is O=C1Cc2ccc(Cl)cc2N1CCO. The third kappa shape index (κ3) is 1.49. The van der Waals surface area contributed by atoms with Crippen LogP contribution in [0.15, 0.2) is 18.2 Å². The Morgan fingerprint density at radius 1 is 1.50 bits per heavy atom. The van der Waals surface area contributed by atoms with Crippen LogP contribution in [0.25, 0.3) is 0 Å². The second-order valence-corrected chi connectivity index (χ2v) is 3.66. The minimum atomic E-state index is -0.0301. The maximum absolute atomic E-state index is 11.5. The number of carbonyl (C=O) groups is 1. The summed E-state index contributed by atoms with van der Waals surface area (Å²) in [6.07, 6.45) is 0.409. The highest BCUT2D eigenvalue weighted by Crippen LogP contribution is 2.30. The van der Waals surface area contributed by atoms with Gasteiger partial charge in [0.15, 0.2) is 0 Å². The van der Waals surface area contributed by atoms with E-state index in [1.165, 1.54) is 0 Å². The van der Waals surface area contributed by atoms with Crippen LogP contribution in [0.1, 0.15) is 5.56 Å². The van der Waals surface area contributed by atoms with Gasteiger partial charge in [0.05, 0.1) is 13.0 Å². The molecule has 0 spiro atoms. The van der Waals surface area contributed by atoms with E-state index in [1.54, 1.807) is 17.0 Å². The highest BCUT2D eigenvalue weighted by Gasteiger charge is 2.26. The number of halogens is 1. The van der Waals surface area contributed by atoms with E-state index in [-0.39, 0.29) is 12.5 Å².